The zero-order valence-electron chi connectivity index (χ0n) is 8.52. The maximum atomic E-state index is 5.06. The molecule has 0 aliphatic rings. The Hall–Kier alpha value is 0.686. The minimum atomic E-state index is -0.0370. The van der Waals surface area contributed by atoms with Crippen LogP contribution in [-0.2, 0) is 9.47 Å². The van der Waals surface area contributed by atoms with E-state index in [-0.39, 0.29) is 32.2 Å². The number of rotatable bonds is 4. The molecule has 54 valence electrons. The average Bonchev–Trinajstić information content (AvgIpc) is 1.68. The Morgan fingerprint density at radius 2 is 1.56 bits per heavy atom. The summed E-state index contributed by atoms with van der Waals surface area (Å²) in [5.74, 6) is 0. The van der Waals surface area contributed by atoms with Gasteiger partial charge in [0.1, 0.15) is 0 Å². The van der Waals surface area contributed by atoms with Crippen LogP contribution in [0, 0.1) is 0 Å². The first kappa shape index (κ1) is 12.4. The molecule has 0 rings (SSSR count). The van der Waals surface area contributed by atoms with Crippen LogP contribution in [0.15, 0.2) is 0 Å². The maximum absolute atomic E-state index is 5.06. The molecule has 0 amide bonds. The van der Waals surface area contributed by atoms with E-state index in [0.717, 1.165) is 13.2 Å². The first-order chi connectivity index (χ1) is 3.81. The molecule has 0 saturated heterocycles. The number of hydrogen-bond donors (Lipinski definition) is 0. The minimum Gasteiger partial charge on any atom is -1.00 e. The monoisotopic (exact) mass is 144 g/mol. The predicted octanol–water partition coefficient (Wildman–Crippen LogP) is 1.25. The van der Waals surface area contributed by atoms with Gasteiger partial charge < -0.3 is 12.3 Å². The third kappa shape index (κ3) is 8.69. The molecule has 0 fully saturated rings. The van der Waals surface area contributed by atoms with Gasteiger partial charge in [0.15, 0.2) is 6.29 Å². The number of hydrogen-bond acceptors (Lipinski definition) is 2. The van der Waals surface area contributed by atoms with Crippen LogP contribution in [0.25, 0.3) is 0 Å². The number of ether oxygens (including phenoxy) is 2. The molecule has 0 aromatic rings. The second-order valence-electron chi connectivity index (χ2n) is 1.48. The Bertz CT molecular complexity index is 51.8. The standard InChI is InChI=1S/C6H14O2.Mg.2H/c1-4-7-6(3)8-5-2;;;/h6H,4-5H2,1-3H3;;;/q;+2;2*-1. The maximum Gasteiger partial charge on any atom is 2.00 e. The van der Waals surface area contributed by atoms with Gasteiger partial charge in [-0.1, -0.05) is 0 Å². The van der Waals surface area contributed by atoms with Crippen LogP contribution in [0.5, 0.6) is 0 Å². The van der Waals surface area contributed by atoms with Crippen molar-refractivity contribution in [2.24, 2.45) is 0 Å². The quantitative estimate of drug-likeness (QED) is 0.437. The molecule has 0 aliphatic carbocycles. The Kier molecular flexibility index (Phi) is 11.9. The molecule has 0 bridgehead atoms. The van der Waals surface area contributed by atoms with Crippen molar-refractivity contribution in [2.45, 2.75) is 27.1 Å². The van der Waals surface area contributed by atoms with Crippen molar-refractivity contribution < 1.29 is 12.3 Å². The summed E-state index contributed by atoms with van der Waals surface area (Å²) in [5, 5.41) is 0. The van der Waals surface area contributed by atoms with Gasteiger partial charge in [0.25, 0.3) is 0 Å². The van der Waals surface area contributed by atoms with Crippen LogP contribution in [0.3, 0.4) is 0 Å². The largest absolute Gasteiger partial charge is 2.00 e. The average molecular weight is 144 g/mol. The van der Waals surface area contributed by atoms with Gasteiger partial charge in [-0.15, -0.1) is 0 Å². The van der Waals surface area contributed by atoms with E-state index in [9.17, 15) is 0 Å². The van der Waals surface area contributed by atoms with Crippen molar-refractivity contribution in [1.29, 1.82) is 0 Å². The Morgan fingerprint density at radius 1 is 1.22 bits per heavy atom. The van der Waals surface area contributed by atoms with E-state index in [4.69, 9.17) is 9.47 Å². The van der Waals surface area contributed by atoms with Crippen molar-refractivity contribution in [2.75, 3.05) is 13.2 Å². The van der Waals surface area contributed by atoms with Gasteiger partial charge in [-0.25, -0.2) is 0 Å². The summed E-state index contributed by atoms with van der Waals surface area (Å²) in [6, 6.07) is 0. The van der Waals surface area contributed by atoms with E-state index < -0.39 is 0 Å². The first-order valence-electron chi connectivity index (χ1n) is 3.04. The molecule has 0 aliphatic heterocycles. The topological polar surface area (TPSA) is 18.5 Å². The first-order valence-corrected chi connectivity index (χ1v) is 3.04. The normalized spacial score (nSPS) is 9.33. The van der Waals surface area contributed by atoms with Crippen LogP contribution in [0.4, 0.5) is 0 Å². The Morgan fingerprint density at radius 3 is 1.78 bits per heavy atom. The van der Waals surface area contributed by atoms with E-state index in [1.807, 2.05) is 20.8 Å². The molecular weight excluding hydrogens is 128 g/mol. The molecule has 0 saturated carbocycles. The summed E-state index contributed by atoms with van der Waals surface area (Å²) < 4.78 is 10.1. The molecule has 0 atom stereocenters. The third-order valence-electron chi connectivity index (χ3n) is 0.803. The van der Waals surface area contributed by atoms with Gasteiger partial charge in [-0.2, -0.15) is 0 Å². The third-order valence-corrected chi connectivity index (χ3v) is 0.803. The molecule has 0 N–H and O–H groups in total. The molecule has 3 heteroatoms. The molecule has 0 aromatic heterocycles. The minimum absolute atomic E-state index is 0. The van der Waals surface area contributed by atoms with Gasteiger partial charge in [0.05, 0.1) is 0 Å². The van der Waals surface area contributed by atoms with Gasteiger partial charge in [-0.05, 0) is 20.8 Å². The fraction of sp³-hybridized carbons (Fsp3) is 1.00. The Labute approximate surface area is 76.0 Å². The summed E-state index contributed by atoms with van der Waals surface area (Å²) in [6.45, 7) is 7.25. The van der Waals surface area contributed by atoms with E-state index in [1.165, 1.54) is 0 Å². The molecule has 0 radical (unpaired) electrons. The zero-order chi connectivity index (χ0) is 6.41. The van der Waals surface area contributed by atoms with Gasteiger partial charge in [0.2, 0.25) is 0 Å². The fourth-order valence-electron chi connectivity index (χ4n) is 0.518. The summed E-state index contributed by atoms with van der Waals surface area (Å²) in [6.07, 6.45) is -0.0370. The van der Waals surface area contributed by atoms with E-state index in [2.05, 4.69) is 0 Å². The van der Waals surface area contributed by atoms with E-state index >= 15 is 0 Å². The summed E-state index contributed by atoms with van der Waals surface area (Å²) >= 11 is 0. The zero-order valence-corrected chi connectivity index (χ0v) is 7.93. The van der Waals surface area contributed by atoms with Crippen LogP contribution < -0.4 is 0 Å². The molecule has 0 aromatic carbocycles. The van der Waals surface area contributed by atoms with Crippen molar-refractivity contribution in [3.05, 3.63) is 0 Å². The van der Waals surface area contributed by atoms with Crippen LogP contribution in [-0.4, -0.2) is 42.6 Å². The van der Waals surface area contributed by atoms with Crippen LogP contribution >= 0.6 is 0 Å². The van der Waals surface area contributed by atoms with E-state index in [1.54, 1.807) is 0 Å². The van der Waals surface area contributed by atoms with Crippen molar-refractivity contribution in [3.63, 3.8) is 0 Å². The molecular formula is C6H16MgO2. The summed E-state index contributed by atoms with van der Waals surface area (Å²) in [5.41, 5.74) is 0. The van der Waals surface area contributed by atoms with Crippen LogP contribution in [0.2, 0.25) is 0 Å². The molecule has 0 unspecified atom stereocenters. The second kappa shape index (κ2) is 8.69. The molecule has 2 nitrogen and oxygen atoms in total. The molecule has 9 heavy (non-hydrogen) atoms. The smallest absolute Gasteiger partial charge is 1.00 e. The fourth-order valence-corrected chi connectivity index (χ4v) is 0.518. The van der Waals surface area contributed by atoms with Crippen LogP contribution in [0.1, 0.15) is 23.6 Å². The van der Waals surface area contributed by atoms with Gasteiger partial charge in [0, 0.05) is 13.2 Å². The predicted molar refractivity (Wildman–Crippen MR) is 40.7 cm³/mol. The molecule has 0 heterocycles. The van der Waals surface area contributed by atoms with E-state index in [0.29, 0.717) is 0 Å². The van der Waals surface area contributed by atoms with Gasteiger partial charge in [-0.3, -0.25) is 0 Å². The second-order valence-corrected chi connectivity index (χ2v) is 1.48. The Balaban J connectivity index is -0.0000000817. The summed E-state index contributed by atoms with van der Waals surface area (Å²) in [4.78, 5) is 0. The molecule has 0 spiro atoms. The summed E-state index contributed by atoms with van der Waals surface area (Å²) in [7, 11) is 0. The van der Waals surface area contributed by atoms with Crippen molar-refractivity contribution in [1.82, 2.24) is 0 Å². The van der Waals surface area contributed by atoms with Crippen molar-refractivity contribution in [3.8, 4) is 0 Å². The van der Waals surface area contributed by atoms with Crippen molar-refractivity contribution >= 4 is 23.1 Å². The SMILES string of the molecule is CCOC(C)OCC.[H-].[H-].[Mg+2]. The van der Waals surface area contributed by atoms with Gasteiger partial charge >= 0.3 is 23.1 Å².